The maximum absolute atomic E-state index is 11.9. The minimum Gasteiger partial charge on any atom is -0.495 e. The number of ether oxygens (including phenoxy) is 1. The maximum Gasteiger partial charge on any atom is 0.230 e. The molecule has 0 spiro atoms. The Hall–Kier alpha value is -2.64. The molecule has 0 radical (unpaired) electrons. The van der Waals surface area contributed by atoms with Crippen molar-refractivity contribution >= 4 is 46.2 Å². The summed E-state index contributed by atoms with van der Waals surface area (Å²) in [5.74, 6) is 1.42. The summed E-state index contributed by atoms with van der Waals surface area (Å²) in [5, 5.41) is 16.3. The molecule has 0 unspecified atom stereocenters. The van der Waals surface area contributed by atoms with E-state index in [0.29, 0.717) is 28.8 Å². The van der Waals surface area contributed by atoms with Crippen molar-refractivity contribution in [1.29, 1.82) is 0 Å². The van der Waals surface area contributed by atoms with E-state index in [9.17, 15) is 4.79 Å². The summed E-state index contributed by atoms with van der Waals surface area (Å²) in [7, 11) is 1.56. The number of nitrogens with zero attached hydrogens (tertiary/aromatic N) is 2. The third-order valence-corrected chi connectivity index (χ3v) is 4.44. The van der Waals surface area contributed by atoms with Gasteiger partial charge in [-0.1, -0.05) is 17.7 Å². The van der Waals surface area contributed by atoms with E-state index in [4.69, 9.17) is 16.3 Å². The molecule has 2 N–H and O–H groups in total. The Balaban J connectivity index is 1.60. The number of benzene rings is 1. The van der Waals surface area contributed by atoms with Gasteiger partial charge >= 0.3 is 0 Å². The number of thiophene rings is 1. The molecule has 0 aliphatic heterocycles. The molecule has 128 valence electrons. The number of hydrogen-bond donors (Lipinski definition) is 2. The highest BCUT2D eigenvalue weighted by atomic mass is 35.5. The van der Waals surface area contributed by atoms with E-state index in [1.54, 1.807) is 42.7 Å². The first-order valence-corrected chi connectivity index (χ1v) is 8.66. The van der Waals surface area contributed by atoms with E-state index in [1.165, 1.54) is 0 Å². The first-order chi connectivity index (χ1) is 12.1. The number of methoxy groups -OCH3 is 1. The van der Waals surface area contributed by atoms with Gasteiger partial charge in [0.1, 0.15) is 5.75 Å². The minimum atomic E-state index is -0.126. The molecule has 0 bridgehead atoms. The lowest BCUT2D eigenvalue weighted by Gasteiger charge is -2.08. The van der Waals surface area contributed by atoms with E-state index in [1.807, 2.05) is 23.6 Å². The van der Waals surface area contributed by atoms with Gasteiger partial charge in [-0.2, -0.15) is 0 Å². The molecule has 2 aromatic heterocycles. The third kappa shape index (κ3) is 4.68. The van der Waals surface area contributed by atoms with Gasteiger partial charge in [0.15, 0.2) is 11.6 Å². The van der Waals surface area contributed by atoms with Crippen molar-refractivity contribution < 1.29 is 9.53 Å². The largest absolute Gasteiger partial charge is 0.495 e. The Kier molecular flexibility index (Phi) is 5.47. The van der Waals surface area contributed by atoms with Crippen LogP contribution in [0.25, 0.3) is 0 Å². The van der Waals surface area contributed by atoms with Gasteiger partial charge in [-0.3, -0.25) is 4.79 Å². The Morgan fingerprint density at radius 1 is 1.20 bits per heavy atom. The van der Waals surface area contributed by atoms with Crippen LogP contribution in [-0.4, -0.2) is 23.2 Å². The van der Waals surface area contributed by atoms with Gasteiger partial charge < -0.3 is 15.4 Å². The van der Waals surface area contributed by atoms with E-state index < -0.39 is 0 Å². The molecule has 1 aromatic carbocycles. The van der Waals surface area contributed by atoms with Crippen molar-refractivity contribution in [3.63, 3.8) is 0 Å². The molecule has 2 heterocycles. The smallest absolute Gasteiger partial charge is 0.230 e. The van der Waals surface area contributed by atoms with E-state index in [2.05, 4.69) is 20.8 Å². The zero-order chi connectivity index (χ0) is 17.6. The van der Waals surface area contributed by atoms with Gasteiger partial charge in [-0.25, -0.2) is 0 Å². The molecule has 3 aromatic rings. The molecule has 0 saturated heterocycles. The van der Waals surface area contributed by atoms with Crippen LogP contribution < -0.4 is 15.4 Å². The molecule has 8 heteroatoms. The second-order valence-corrected chi connectivity index (χ2v) is 6.52. The standard InChI is InChI=1S/C17H15ClN4O2S/c1-24-14-5-4-11(9-13(14)18)19-15-6-7-16(22-21-15)20-17(23)10-12-3-2-8-25-12/h2-9H,10H2,1H3,(H,19,21)(H,20,22,23). The lowest BCUT2D eigenvalue weighted by molar-refractivity contribution is -0.115. The van der Waals surface area contributed by atoms with Crippen LogP contribution >= 0.6 is 22.9 Å². The summed E-state index contributed by atoms with van der Waals surface area (Å²) in [5.41, 5.74) is 0.759. The quantitative estimate of drug-likeness (QED) is 0.678. The van der Waals surface area contributed by atoms with Gasteiger partial charge in [-0.15, -0.1) is 21.5 Å². The molecule has 0 aliphatic carbocycles. The number of carbonyl (C=O) groups is 1. The molecular weight excluding hydrogens is 360 g/mol. The molecule has 1 amide bonds. The summed E-state index contributed by atoms with van der Waals surface area (Å²) in [6.07, 6.45) is 0.323. The number of amides is 1. The van der Waals surface area contributed by atoms with Crippen LogP contribution in [-0.2, 0) is 11.2 Å². The van der Waals surface area contributed by atoms with Crippen LogP contribution in [0.1, 0.15) is 4.88 Å². The predicted octanol–water partition coefficient (Wildman–Crippen LogP) is 4.12. The summed E-state index contributed by atoms with van der Waals surface area (Å²) >= 11 is 7.63. The minimum absolute atomic E-state index is 0.126. The fraction of sp³-hybridized carbons (Fsp3) is 0.118. The topological polar surface area (TPSA) is 76.1 Å². The lowest BCUT2D eigenvalue weighted by atomic mass is 10.3. The molecule has 6 nitrogen and oxygen atoms in total. The second-order valence-electron chi connectivity index (χ2n) is 5.08. The summed E-state index contributed by atoms with van der Waals surface area (Å²) in [6.45, 7) is 0. The maximum atomic E-state index is 11.9. The number of rotatable bonds is 6. The Morgan fingerprint density at radius 2 is 2.00 bits per heavy atom. The van der Waals surface area contributed by atoms with Gasteiger partial charge in [0, 0.05) is 10.6 Å². The summed E-state index contributed by atoms with van der Waals surface area (Å²) in [4.78, 5) is 12.9. The molecular formula is C17H15ClN4O2S. The fourth-order valence-electron chi connectivity index (χ4n) is 2.12. The highest BCUT2D eigenvalue weighted by molar-refractivity contribution is 7.10. The number of nitrogens with one attached hydrogen (secondary N) is 2. The van der Waals surface area contributed by atoms with Crippen LogP contribution in [0, 0.1) is 0 Å². The number of carbonyl (C=O) groups excluding carboxylic acids is 1. The van der Waals surface area contributed by atoms with Crippen molar-refractivity contribution in [3.05, 3.63) is 57.7 Å². The van der Waals surface area contributed by atoms with Gasteiger partial charge in [0.2, 0.25) is 5.91 Å². The number of aromatic nitrogens is 2. The molecule has 25 heavy (non-hydrogen) atoms. The van der Waals surface area contributed by atoms with Crippen molar-refractivity contribution in [2.75, 3.05) is 17.7 Å². The van der Waals surface area contributed by atoms with Gasteiger partial charge in [-0.05, 0) is 41.8 Å². The second kappa shape index (κ2) is 7.96. The SMILES string of the molecule is COc1ccc(Nc2ccc(NC(=O)Cc3cccs3)nn2)cc1Cl. The molecule has 0 fully saturated rings. The van der Waals surface area contributed by atoms with Crippen LogP contribution in [0.5, 0.6) is 5.75 Å². The lowest BCUT2D eigenvalue weighted by Crippen LogP contribution is -2.15. The Bertz CT molecular complexity index is 854. The molecule has 3 rings (SSSR count). The van der Waals surface area contributed by atoms with Crippen LogP contribution in [0.15, 0.2) is 47.8 Å². The van der Waals surface area contributed by atoms with Crippen molar-refractivity contribution in [1.82, 2.24) is 10.2 Å². The van der Waals surface area contributed by atoms with E-state index >= 15 is 0 Å². The summed E-state index contributed by atoms with van der Waals surface area (Å²) in [6, 6.07) is 12.6. The highest BCUT2D eigenvalue weighted by Gasteiger charge is 2.07. The van der Waals surface area contributed by atoms with Crippen LogP contribution in [0.4, 0.5) is 17.3 Å². The highest BCUT2D eigenvalue weighted by Crippen LogP contribution is 2.28. The van der Waals surface area contributed by atoms with Crippen molar-refractivity contribution in [3.8, 4) is 5.75 Å². The average Bonchev–Trinajstić information content (AvgIpc) is 3.10. The van der Waals surface area contributed by atoms with Crippen molar-refractivity contribution in [2.45, 2.75) is 6.42 Å². The molecule has 0 atom stereocenters. The average molecular weight is 375 g/mol. The Morgan fingerprint density at radius 3 is 2.64 bits per heavy atom. The fourth-order valence-corrected chi connectivity index (χ4v) is 3.08. The first-order valence-electron chi connectivity index (χ1n) is 7.40. The number of anilines is 3. The Labute approximate surface area is 153 Å². The normalized spacial score (nSPS) is 10.3. The molecule has 0 saturated carbocycles. The number of halogens is 1. The van der Waals surface area contributed by atoms with Crippen LogP contribution in [0.3, 0.4) is 0 Å². The summed E-state index contributed by atoms with van der Waals surface area (Å²) < 4.78 is 5.11. The van der Waals surface area contributed by atoms with Gasteiger partial charge in [0.25, 0.3) is 0 Å². The zero-order valence-corrected chi connectivity index (χ0v) is 14.9. The number of hydrogen-bond acceptors (Lipinski definition) is 6. The van der Waals surface area contributed by atoms with Gasteiger partial charge in [0.05, 0.1) is 18.6 Å². The van der Waals surface area contributed by atoms with E-state index in [0.717, 1.165) is 10.6 Å². The van der Waals surface area contributed by atoms with Crippen molar-refractivity contribution in [2.24, 2.45) is 0 Å². The monoisotopic (exact) mass is 374 g/mol. The first kappa shape index (κ1) is 17.2. The predicted molar refractivity (Wildman–Crippen MR) is 100.0 cm³/mol. The zero-order valence-electron chi connectivity index (χ0n) is 13.3. The third-order valence-electron chi connectivity index (χ3n) is 3.27. The van der Waals surface area contributed by atoms with E-state index in [-0.39, 0.29) is 5.91 Å². The van der Waals surface area contributed by atoms with Crippen LogP contribution in [0.2, 0.25) is 5.02 Å². The molecule has 0 aliphatic rings.